The van der Waals surface area contributed by atoms with E-state index < -0.39 is 0 Å². The molecule has 6 heteroatoms. The molecule has 0 saturated heterocycles. The summed E-state index contributed by atoms with van der Waals surface area (Å²) >= 11 is 0. The Balaban J connectivity index is 1.63. The van der Waals surface area contributed by atoms with Gasteiger partial charge in [0, 0.05) is 37.6 Å². The first-order valence-corrected chi connectivity index (χ1v) is 6.71. The molecule has 0 saturated carbocycles. The molecule has 3 rings (SSSR count). The number of aromatic nitrogens is 4. The number of nitrogens with one attached hydrogen (secondary N) is 2. The second-order valence-electron chi connectivity index (χ2n) is 4.81. The van der Waals surface area contributed by atoms with E-state index in [9.17, 15) is 4.39 Å². The predicted molar refractivity (Wildman–Crippen MR) is 77.7 cm³/mol. The highest BCUT2D eigenvalue weighted by Crippen LogP contribution is 2.20. The fourth-order valence-corrected chi connectivity index (χ4v) is 2.16. The Labute approximate surface area is 121 Å². The van der Waals surface area contributed by atoms with E-state index in [-0.39, 0.29) is 5.82 Å². The van der Waals surface area contributed by atoms with Gasteiger partial charge in [-0.25, -0.2) is 4.39 Å². The minimum atomic E-state index is -0.265. The van der Waals surface area contributed by atoms with E-state index in [4.69, 9.17) is 0 Å². The molecule has 3 aromatic rings. The molecule has 0 aliphatic carbocycles. The van der Waals surface area contributed by atoms with Crippen LogP contribution in [0.2, 0.25) is 0 Å². The molecule has 2 heterocycles. The van der Waals surface area contributed by atoms with Crippen molar-refractivity contribution in [3.05, 3.63) is 59.8 Å². The zero-order valence-electron chi connectivity index (χ0n) is 11.7. The third kappa shape index (κ3) is 3.00. The summed E-state index contributed by atoms with van der Waals surface area (Å²) in [5, 5.41) is 14.5. The molecular weight excluding hydrogens is 269 g/mol. The van der Waals surface area contributed by atoms with E-state index in [1.807, 2.05) is 23.9 Å². The molecule has 2 N–H and O–H groups in total. The van der Waals surface area contributed by atoms with Crippen LogP contribution in [0.15, 0.2) is 42.6 Å². The first-order chi connectivity index (χ1) is 10.2. The standard InChI is InChI=1S/C15H16FN5/c1-21-12(6-7-18-21)10-17-9-11-8-15(20-19-11)13-4-2-3-5-14(13)16/h2-8,17H,9-10H2,1H3,(H,19,20). The van der Waals surface area contributed by atoms with Crippen molar-refractivity contribution in [3.8, 4) is 11.3 Å². The molecule has 108 valence electrons. The van der Waals surface area contributed by atoms with E-state index in [1.165, 1.54) is 6.07 Å². The lowest BCUT2D eigenvalue weighted by atomic mass is 10.1. The number of H-pyrrole nitrogens is 1. The van der Waals surface area contributed by atoms with Crippen molar-refractivity contribution in [3.63, 3.8) is 0 Å². The number of benzene rings is 1. The highest BCUT2D eigenvalue weighted by Gasteiger charge is 2.08. The lowest BCUT2D eigenvalue weighted by Crippen LogP contribution is -2.15. The lowest BCUT2D eigenvalue weighted by molar-refractivity contribution is 0.619. The van der Waals surface area contributed by atoms with Gasteiger partial charge in [-0.15, -0.1) is 0 Å². The quantitative estimate of drug-likeness (QED) is 0.756. The van der Waals surface area contributed by atoms with Gasteiger partial charge in [-0.1, -0.05) is 12.1 Å². The van der Waals surface area contributed by atoms with Crippen LogP contribution < -0.4 is 5.32 Å². The minimum absolute atomic E-state index is 0.265. The number of hydrogen-bond donors (Lipinski definition) is 2. The van der Waals surface area contributed by atoms with Crippen molar-refractivity contribution in [2.45, 2.75) is 13.1 Å². The fraction of sp³-hybridized carbons (Fsp3) is 0.200. The Bertz CT molecular complexity index is 731. The van der Waals surface area contributed by atoms with Crippen LogP contribution in [-0.2, 0) is 20.1 Å². The minimum Gasteiger partial charge on any atom is -0.306 e. The topological polar surface area (TPSA) is 58.5 Å². The van der Waals surface area contributed by atoms with Crippen molar-refractivity contribution < 1.29 is 4.39 Å². The second-order valence-corrected chi connectivity index (χ2v) is 4.81. The van der Waals surface area contributed by atoms with Crippen LogP contribution in [0.1, 0.15) is 11.4 Å². The molecule has 0 aliphatic heterocycles. The summed E-state index contributed by atoms with van der Waals surface area (Å²) in [5.41, 5.74) is 3.14. The number of aryl methyl sites for hydroxylation is 1. The molecule has 5 nitrogen and oxygen atoms in total. The van der Waals surface area contributed by atoms with Crippen LogP contribution in [0.25, 0.3) is 11.3 Å². The summed E-state index contributed by atoms with van der Waals surface area (Å²) in [6.45, 7) is 1.34. The maximum absolute atomic E-state index is 13.7. The molecule has 0 aliphatic rings. The summed E-state index contributed by atoms with van der Waals surface area (Å²) in [7, 11) is 1.91. The fourth-order valence-electron chi connectivity index (χ4n) is 2.16. The number of hydrogen-bond acceptors (Lipinski definition) is 3. The van der Waals surface area contributed by atoms with Crippen molar-refractivity contribution in [1.82, 2.24) is 25.3 Å². The van der Waals surface area contributed by atoms with Gasteiger partial charge >= 0.3 is 0 Å². The Morgan fingerprint density at radius 2 is 2.10 bits per heavy atom. The Morgan fingerprint density at radius 3 is 2.86 bits per heavy atom. The van der Waals surface area contributed by atoms with Gasteiger partial charge in [-0.05, 0) is 24.3 Å². The SMILES string of the molecule is Cn1nccc1CNCc1cc(-c2ccccc2F)n[nH]1. The molecular formula is C15H16FN5. The van der Waals surface area contributed by atoms with Gasteiger partial charge in [0.1, 0.15) is 5.82 Å². The van der Waals surface area contributed by atoms with Gasteiger partial charge in [-0.3, -0.25) is 9.78 Å². The van der Waals surface area contributed by atoms with E-state index >= 15 is 0 Å². The third-order valence-corrected chi connectivity index (χ3v) is 3.32. The summed E-state index contributed by atoms with van der Waals surface area (Å²) < 4.78 is 15.5. The van der Waals surface area contributed by atoms with Crippen molar-refractivity contribution in [1.29, 1.82) is 0 Å². The monoisotopic (exact) mass is 285 g/mol. The van der Waals surface area contributed by atoms with Gasteiger partial charge in [0.2, 0.25) is 0 Å². The highest BCUT2D eigenvalue weighted by molar-refractivity contribution is 5.59. The Kier molecular flexibility index (Phi) is 3.79. The number of aromatic amines is 1. The molecule has 0 bridgehead atoms. The molecule has 0 unspecified atom stereocenters. The summed E-state index contributed by atoms with van der Waals surface area (Å²) in [5.74, 6) is -0.265. The van der Waals surface area contributed by atoms with E-state index in [0.29, 0.717) is 24.3 Å². The highest BCUT2D eigenvalue weighted by atomic mass is 19.1. The van der Waals surface area contributed by atoms with Crippen molar-refractivity contribution >= 4 is 0 Å². The van der Waals surface area contributed by atoms with Crippen LogP contribution in [0.4, 0.5) is 4.39 Å². The first kappa shape index (κ1) is 13.5. The van der Waals surface area contributed by atoms with E-state index in [0.717, 1.165) is 11.4 Å². The zero-order chi connectivity index (χ0) is 14.7. The molecule has 0 atom stereocenters. The summed E-state index contributed by atoms with van der Waals surface area (Å²) in [6.07, 6.45) is 1.77. The maximum atomic E-state index is 13.7. The van der Waals surface area contributed by atoms with Crippen molar-refractivity contribution in [2.75, 3.05) is 0 Å². The number of rotatable bonds is 5. The van der Waals surface area contributed by atoms with Crippen LogP contribution in [0.3, 0.4) is 0 Å². The average Bonchev–Trinajstić information content (AvgIpc) is 3.10. The summed E-state index contributed by atoms with van der Waals surface area (Å²) in [6, 6.07) is 10.4. The Morgan fingerprint density at radius 1 is 1.24 bits per heavy atom. The number of halogens is 1. The maximum Gasteiger partial charge on any atom is 0.132 e. The van der Waals surface area contributed by atoms with Gasteiger partial charge in [0.05, 0.1) is 11.4 Å². The first-order valence-electron chi connectivity index (χ1n) is 6.71. The predicted octanol–water partition coefficient (Wildman–Crippen LogP) is 2.24. The summed E-state index contributed by atoms with van der Waals surface area (Å²) in [4.78, 5) is 0. The molecule has 2 aromatic heterocycles. The zero-order valence-corrected chi connectivity index (χ0v) is 11.7. The van der Waals surface area contributed by atoms with Crippen LogP contribution in [0, 0.1) is 5.82 Å². The average molecular weight is 285 g/mol. The van der Waals surface area contributed by atoms with Gasteiger partial charge < -0.3 is 5.32 Å². The number of nitrogens with zero attached hydrogens (tertiary/aromatic N) is 3. The lowest BCUT2D eigenvalue weighted by Gasteiger charge is -2.03. The van der Waals surface area contributed by atoms with Gasteiger partial charge in [0.25, 0.3) is 0 Å². The van der Waals surface area contributed by atoms with Gasteiger partial charge in [0.15, 0.2) is 0 Å². The third-order valence-electron chi connectivity index (χ3n) is 3.32. The molecule has 1 aromatic carbocycles. The van der Waals surface area contributed by atoms with Crippen LogP contribution in [-0.4, -0.2) is 20.0 Å². The molecule has 0 fully saturated rings. The van der Waals surface area contributed by atoms with Crippen LogP contribution >= 0.6 is 0 Å². The largest absolute Gasteiger partial charge is 0.306 e. The van der Waals surface area contributed by atoms with E-state index in [1.54, 1.807) is 24.4 Å². The Hall–Kier alpha value is -2.47. The van der Waals surface area contributed by atoms with Crippen molar-refractivity contribution in [2.24, 2.45) is 7.05 Å². The van der Waals surface area contributed by atoms with Crippen LogP contribution in [0.5, 0.6) is 0 Å². The van der Waals surface area contributed by atoms with Gasteiger partial charge in [-0.2, -0.15) is 10.2 Å². The molecule has 0 amide bonds. The second kappa shape index (κ2) is 5.88. The molecule has 0 radical (unpaired) electrons. The smallest absolute Gasteiger partial charge is 0.132 e. The molecule has 0 spiro atoms. The normalized spacial score (nSPS) is 11.0. The van der Waals surface area contributed by atoms with E-state index in [2.05, 4.69) is 20.6 Å². The molecule has 21 heavy (non-hydrogen) atoms.